The highest BCUT2D eigenvalue weighted by Crippen LogP contribution is 2.32. The second-order valence-electron chi connectivity index (χ2n) is 8.43. The molecule has 1 saturated heterocycles. The van der Waals surface area contributed by atoms with Gasteiger partial charge in [-0.2, -0.15) is 0 Å². The van der Waals surface area contributed by atoms with Gasteiger partial charge in [-0.15, -0.1) is 12.4 Å². The molecular weight excluding hydrogens is 466 g/mol. The highest BCUT2D eigenvalue weighted by atomic mass is 35.5. The Morgan fingerprint density at radius 2 is 1.66 bits per heavy atom. The Bertz CT molecular complexity index is 1050. The first-order valence-electron chi connectivity index (χ1n) is 12.1. The maximum atomic E-state index is 5.81. The molecule has 8 heteroatoms. The number of hydrogen-bond acceptors (Lipinski definition) is 7. The first kappa shape index (κ1) is 26.7. The van der Waals surface area contributed by atoms with Gasteiger partial charge in [-0.3, -0.25) is 4.90 Å². The van der Waals surface area contributed by atoms with E-state index in [2.05, 4.69) is 33.2 Å². The number of aromatic nitrogens is 1. The maximum Gasteiger partial charge on any atom is 0.161 e. The molecule has 3 aromatic rings. The predicted octanol–water partition coefficient (Wildman–Crippen LogP) is 5.32. The molecule has 7 nitrogen and oxygen atoms in total. The zero-order valence-corrected chi connectivity index (χ0v) is 21.7. The fourth-order valence-electron chi connectivity index (χ4n) is 4.41. The fourth-order valence-corrected chi connectivity index (χ4v) is 4.41. The first-order valence-corrected chi connectivity index (χ1v) is 12.1. The number of methoxy groups -OCH3 is 2. The van der Waals surface area contributed by atoms with Gasteiger partial charge in [0, 0.05) is 44.2 Å². The van der Waals surface area contributed by atoms with Gasteiger partial charge < -0.3 is 23.6 Å². The van der Waals surface area contributed by atoms with Crippen LogP contribution < -0.4 is 19.1 Å². The molecule has 1 fully saturated rings. The Hall–Kier alpha value is -2.90. The van der Waals surface area contributed by atoms with E-state index in [-0.39, 0.29) is 12.4 Å². The van der Waals surface area contributed by atoms with Crippen molar-refractivity contribution in [1.82, 2.24) is 10.1 Å². The highest BCUT2D eigenvalue weighted by Gasteiger charge is 2.19. The molecule has 0 bridgehead atoms. The van der Waals surface area contributed by atoms with E-state index in [9.17, 15) is 0 Å². The van der Waals surface area contributed by atoms with Crippen LogP contribution in [0.4, 0.5) is 5.69 Å². The molecule has 2 heterocycles. The van der Waals surface area contributed by atoms with Crippen LogP contribution in [0.1, 0.15) is 25.5 Å². The predicted molar refractivity (Wildman–Crippen MR) is 141 cm³/mol. The molecule has 190 valence electrons. The summed E-state index contributed by atoms with van der Waals surface area (Å²) in [6, 6.07) is 16.1. The van der Waals surface area contributed by atoms with Gasteiger partial charge in [0.15, 0.2) is 11.5 Å². The number of piperazine rings is 1. The van der Waals surface area contributed by atoms with E-state index in [1.807, 2.05) is 37.3 Å². The summed E-state index contributed by atoms with van der Waals surface area (Å²) in [5, 5.41) is 4.25. The molecule has 0 atom stereocenters. The van der Waals surface area contributed by atoms with Gasteiger partial charge >= 0.3 is 0 Å². The Morgan fingerprint density at radius 1 is 0.886 bits per heavy atom. The molecular formula is C27H36ClN3O4. The SMILES string of the molecule is CCOc1ccccc1N1CCN(CCCCc2cc(-c3ccc(OC)c(OC)c3)no2)CC1.Cl. The standard InChI is InChI=1S/C27H35N3O4.ClH/c1-4-33-25-11-6-5-10-24(25)30-17-15-29(16-18-30)14-8-7-9-22-20-23(28-34-22)21-12-13-26(31-2)27(19-21)32-3;/h5-6,10-13,19-20H,4,7-9,14-18H2,1-3H3;1H. The van der Waals surface area contributed by atoms with Crippen LogP contribution in [0, 0.1) is 0 Å². The Kier molecular flexibility index (Phi) is 10.1. The van der Waals surface area contributed by atoms with Gasteiger partial charge in [-0.25, -0.2) is 0 Å². The van der Waals surface area contributed by atoms with Crippen LogP contribution in [0.5, 0.6) is 17.2 Å². The number of halogens is 1. The highest BCUT2D eigenvalue weighted by molar-refractivity contribution is 5.85. The van der Waals surface area contributed by atoms with Gasteiger partial charge in [-0.1, -0.05) is 17.3 Å². The van der Waals surface area contributed by atoms with Crippen molar-refractivity contribution in [1.29, 1.82) is 0 Å². The number of nitrogens with zero attached hydrogens (tertiary/aromatic N) is 3. The first-order chi connectivity index (χ1) is 16.7. The van der Waals surface area contributed by atoms with Crippen molar-refractivity contribution in [3.63, 3.8) is 0 Å². The lowest BCUT2D eigenvalue weighted by molar-refractivity contribution is 0.250. The number of aryl methyl sites for hydroxylation is 1. The van der Waals surface area contributed by atoms with Crippen LogP contribution >= 0.6 is 12.4 Å². The molecule has 0 radical (unpaired) electrons. The molecule has 0 saturated carbocycles. The second-order valence-corrected chi connectivity index (χ2v) is 8.43. The fraction of sp³-hybridized carbons (Fsp3) is 0.444. The lowest BCUT2D eigenvalue weighted by Gasteiger charge is -2.36. The Morgan fingerprint density at radius 3 is 2.40 bits per heavy atom. The van der Waals surface area contributed by atoms with Gasteiger partial charge in [0.2, 0.25) is 0 Å². The summed E-state index contributed by atoms with van der Waals surface area (Å²) in [4.78, 5) is 4.99. The minimum Gasteiger partial charge on any atom is -0.493 e. The summed E-state index contributed by atoms with van der Waals surface area (Å²) in [6.07, 6.45) is 3.11. The quantitative estimate of drug-likeness (QED) is 0.329. The van der Waals surface area contributed by atoms with Crippen molar-refractivity contribution in [2.75, 3.05) is 58.5 Å². The molecule has 0 N–H and O–H groups in total. The van der Waals surface area contributed by atoms with E-state index < -0.39 is 0 Å². The number of unbranched alkanes of at least 4 members (excludes halogenated alkanes) is 1. The number of ether oxygens (including phenoxy) is 3. The van der Waals surface area contributed by atoms with Crippen molar-refractivity contribution < 1.29 is 18.7 Å². The molecule has 0 unspecified atom stereocenters. The van der Waals surface area contributed by atoms with Gasteiger partial charge in [-0.05, 0) is 56.6 Å². The topological polar surface area (TPSA) is 60.2 Å². The van der Waals surface area contributed by atoms with Crippen molar-refractivity contribution >= 4 is 18.1 Å². The monoisotopic (exact) mass is 501 g/mol. The molecule has 35 heavy (non-hydrogen) atoms. The average Bonchev–Trinajstić information content (AvgIpc) is 3.36. The zero-order chi connectivity index (χ0) is 23.8. The van der Waals surface area contributed by atoms with Gasteiger partial charge in [0.25, 0.3) is 0 Å². The van der Waals surface area contributed by atoms with Crippen LogP contribution in [0.25, 0.3) is 11.3 Å². The molecule has 4 rings (SSSR count). The van der Waals surface area contributed by atoms with Crippen LogP contribution in [0.15, 0.2) is 53.1 Å². The Balaban J connectivity index is 0.00000342. The lowest BCUT2D eigenvalue weighted by Crippen LogP contribution is -2.46. The second kappa shape index (κ2) is 13.3. The van der Waals surface area contributed by atoms with Crippen molar-refractivity contribution in [3.05, 3.63) is 54.3 Å². The third-order valence-corrected chi connectivity index (χ3v) is 6.26. The van der Waals surface area contributed by atoms with Gasteiger partial charge in [0.1, 0.15) is 17.2 Å². The average molecular weight is 502 g/mol. The van der Waals surface area contributed by atoms with E-state index in [1.165, 1.54) is 5.69 Å². The third kappa shape index (κ3) is 6.83. The minimum atomic E-state index is 0. The van der Waals surface area contributed by atoms with Crippen molar-refractivity contribution in [2.24, 2.45) is 0 Å². The van der Waals surface area contributed by atoms with E-state index >= 15 is 0 Å². The summed E-state index contributed by atoms with van der Waals surface area (Å²) in [6.45, 7) is 8.04. The number of anilines is 1. The van der Waals surface area contributed by atoms with Crippen molar-refractivity contribution in [2.45, 2.75) is 26.2 Å². The van der Waals surface area contributed by atoms with Crippen LogP contribution in [-0.4, -0.2) is 63.6 Å². The van der Waals surface area contributed by atoms with E-state index in [0.717, 1.165) is 74.8 Å². The van der Waals surface area contributed by atoms with Crippen molar-refractivity contribution in [3.8, 4) is 28.5 Å². The summed E-state index contributed by atoms with van der Waals surface area (Å²) < 4.78 is 22.1. The normalized spacial score (nSPS) is 13.9. The van der Waals surface area contributed by atoms with E-state index in [1.54, 1.807) is 14.2 Å². The largest absolute Gasteiger partial charge is 0.493 e. The number of hydrogen-bond donors (Lipinski definition) is 0. The molecule has 2 aromatic carbocycles. The van der Waals surface area contributed by atoms with E-state index in [4.69, 9.17) is 18.7 Å². The maximum absolute atomic E-state index is 5.81. The summed E-state index contributed by atoms with van der Waals surface area (Å²) in [5.74, 6) is 3.29. The number of rotatable bonds is 11. The molecule has 1 aliphatic heterocycles. The van der Waals surface area contributed by atoms with Crippen LogP contribution in [0.2, 0.25) is 0 Å². The summed E-state index contributed by atoms with van der Waals surface area (Å²) in [5.41, 5.74) is 2.98. The lowest BCUT2D eigenvalue weighted by atomic mass is 10.1. The summed E-state index contributed by atoms with van der Waals surface area (Å²) >= 11 is 0. The smallest absolute Gasteiger partial charge is 0.161 e. The minimum absolute atomic E-state index is 0. The summed E-state index contributed by atoms with van der Waals surface area (Å²) in [7, 11) is 3.27. The third-order valence-electron chi connectivity index (χ3n) is 6.26. The van der Waals surface area contributed by atoms with Crippen LogP contribution in [-0.2, 0) is 6.42 Å². The number of benzene rings is 2. The molecule has 1 aliphatic rings. The number of para-hydroxylation sites is 2. The molecule has 0 aliphatic carbocycles. The Labute approximate surface area is 214 Å². The molecule has 0 spiro atoms. The molecule has 0 amide bonds. The van der Waals surface area contributed by atoms with Gasteiger partial charge in [0.05, 0.1) is 26.5 Å². The molecule has 1 aromatic heterocycles. The van der Waals surface area contributed by atoms with E-state index in [0.29, 0.717) is 18.1 Å². The van der Waals surface area contributed by atoms with Crippen LogP contribution in [0.3, 0.4) is 0 Å². The zero-order valence-electron chi connectivity index (χ0n) is 20.9.